The third kappa shape index (κ3) is 4.04. The molecule has 6 nitrogen and oxygen atoms in total. The molecule has 5 rings (SSSR count). The number of methoxy groups -OCH3 is 1. The maximum atomic E-state index is 12.8. The number of carbonyl (C=O) groups excluding carboxylic acids is 2. The van der Waals surface area contributed by atoms with Gasteiger partial charge in [-0.3, -0.25) is 9.59 Å². The van der Waals surface area contributed by atoms with E-state index in [-0.39, 0.29) is 11.7 Å². The quantitative estimate of drug-likeness (QED) is 0.292. The summed E-state index contributed by atoms with van der Waals surface area (Å²) in [6.45, 7) is 0. The van der Waals surface area contributed by atoms with E-state index in [0.29, 0.717) is 32.6 Å². The second-order valence-corrected chi connectivity index (χ2v) is 8.64. The maximum Gasteiger partial charge on any atom is 0.291 e. The van der Waals surface area contributed by atoms with Gasteiger partial charge in [-0.15, -0.1) is 11.3 Å². The maximum absolute atomic E-state index is 12.8. The minimum Gasteiger partial charge on any atom is -0.494 e. The summed E-state index contributed by atoms with van der Waals surface area (Å²) in [7, 11) is 1.49. The average Bonchev–Trinajstić information content (AvgIpc) is 3.41. The number of hydrogen-bond acceptors (Lipinski definition) is 5. The van der Waals surface area contributed by atoms with Gasteiger partial charge in [-0.05, 0) is 30.3 Å². The van der Waals surface area contributed by atoms with Gasteiger partial charge in [0.2, 0.25) is 0 Å². The van der Waals surface area contributed by atoms with Crippen molar-refractivity contribution in [2.45, 2.75) is 0 Å². The summed E-state index contributed by atoms with van der Waals surface area (Å²) in [6, 6.07) is 21.6. The fourth-order valence-electron chi connectivity index (χ4n) is 3.50. The molecule has 2 N–H and O–H groups in total. The van der Waals surface area contributed by atoms with Crippen molar-refractivity contribution < 1.29 is 18.7 Å². The molecule has 2 aromatic heterocycles. The number of furan rings is 1. The topological polar surface area (TPSA) is 80.6 Å². The van der Waals surface area contributed by atoms with Crippen LogP contribution in [-0.4, -0.2) is 18.9 Å². The van der Waals surface area contributed by atoms with E-state index in [1.54, 1.807) is 30.3 Å². The SMILES string of the molecule is COc1cc(NC(=O)c2sc3ccccc3c2Cl)ccc1NC(=O)c1cc2ccccc2o1. The largest absolute Gasteiger partial charge is 0.494 e. The second kappa shape index (κ2) is 8.61. The van der Waals surface area contributed by atoms with Gasteiger partial charge in [0.25, 0.3) is 11.8 Å². The summed E-state index contributed by atoms with van der Waals surface area (Å²) in [4.78, 5) is 25.9. The van der Waals surface area contributed by atoms with Gasteiger partial charge in [0.15, 0.2) is 5.76 Å². The van der Waals surface area contributed by atoms with E-state index in [1.807, 2.05) is 42.5 Å². The molecule has 3 aromatic carbocycles. The van der Waals surface area contributed by atoms with Gasteiger partial charge in [-0.2, -0.15) is 0 Å². The smallest absolute Gasteiger partial charge is 0.291 e. The molecule has 0 fully saturated rings. The van der Waals surface area contributed by atoms with Crippen molar-refractivity contribution in [1.29, 1.82) is 0 Å². The van der Waals surface area contributed by atoms with Crippen LogP contribution in [0, 0.1) is 0 Å². The van der Waals surface area contributed by atoms with E-state index >= 15 is 0 Å². The third-order valence-electron chi connectivity index (χ3n) is 5.10. The van der Waals surface area contributed by atoms with Crippen LogP contribution in [0.1, 0.15) is 20.2 Å². The van der Waals surface area contributed by atoms with Gasteiger partial charge in [-0.25, -0.2) is 0 Å². The number of benzene rings is 3. The molecular formula is C25H17ClN2O4S. The lowest BCUT2D eigenvalue weighted by molar-refractivity contribution is 0.0996. The highest BCUT2D eigenvalue weighted by Gasteiger charge is 2.19. The number of hydrogen-bond donors (Lipinski definition) is 2. The summed E-state index contributed by atoms with van der Waals surface area (Å²) in [5, 5.41) is 7.74. The van der Waals surface area contributed by atoms with Crippen LogP contribution in [0.5, 0.6) is 5.75 Å². The van der Waals surface area contributed by atoms with E-state index in [0.717, 1.165) is 15.5 Å². The van der Waals surface area contributed by atoms with Crippen LogP contribution >= 0.6 is 22.9 Å². The molecule has 0 saturated carbocycles. The van der Waals surface area contributed by atoms with Crippen LogP contribution in [0.3, 0.4) is 0 Å². The molecular weight excluding hydrogens is 460 g/mol. The number of thiophene rings is 1. The fourth-order valence-corrected chi connectivity index (χ4v) is 4.91. The summed E-state index contributed by atoms with van der Waals surface area (Å²) in [5.41, 5.74) is 1.58. The van der Waals surface area contributed by atoms with Gasteiger partial charge in [0, 0.05) is 27.2 Å². The first-order valence-corrected chi connectivity index (χ1v) is 11.2. The Morgan fingerprint density at radius 3 is 2.52 bits per heavy atom. The van der Waals surface area contributed by atoms with E-state index in [2.05, 4.69) is 10.6 Å². The Morgan fingerprint density at radius 2 is 1.73 bits per heavy atom. The van der Waals surface area contributed by atoms with Gasteiger partial charge >= 0.3 is 0 Å². The van der Waals surface area contributed by atoms with Crippen LogP contribution in [-0.2, 0) is 0 Å². The summed E-state index contributed by atoms with van der Waals surface area (Å²) in [5.74, 6) is -0.143. The Morgan fingerprint density at radius 1 is 0.939 bits per heavy atom. The molecule has 0 bridgehead atoms. The molecule has 8 heteroatoms. The molecule has 2 amide bonds. The van der Waals surface area contributed by atoms with Crippen molar-refractivity contribution in [2.75, 3.05) is 17.7 Å². The monoisotopic (exact) mass is 476 g/mol. The molecule has 5 aromatic rings. The molecule has 0 aliphatic carbocycles. The van der Waals surface area contributed by atoms with Gasteiger partial charge < -0.3 is 19.8 Å². The number of carbonyl (C=O) groups is 2. The number of anilines is 2. The molecule has 0 spiro atoms. The molecule has 0 atom stereocenters. The Hall–Kier alpha value is -3.81. The van der Waals surface area contributed by atoms with E-state index in [1.165, 1.54) is 18.4 Å². The molecule has 0 radical (unpaired) electrons. The Bertz CT molecular complexity index is 1490. The van der Waals surface area contributed by atoms with Gasteiger partial charge in [0.1, 0.15) is 16.2 Å². The van der Waals surface area contributed by atoms with Crippen molar-refractivity contribution in [3.05, 3.63) is 88.5 Å². The molecule has 164 valence electrons. The first-order valence-electron chi connectivity index (χ1n) is 10.00. The van der Waals surface area contributed by atoms with Crippen molar-refractivity contribution in [1.82, 2.24) is 0 Å². The second-order valence-electron chi connectivity index (χ2n) is 7.21. The molecule has 0 unspecified atom stereocenters. The average molecular weight is 477 g/mol. The highest BCUT2D eigenvalue weighted by atomic mass is 35.5. The third-order valence-corrected chi connectivity index (χ3v) is 6.77. The van der Waals surface area contributed by atoms with Crippen LogP contribution in [0.2, 0.25) is 5.02 Å². The Balaban J connectivity index is 1.35. The van der Waals surface area contributed by atoms with E-state index in [4.69, 9.17) is 20.8 Å². The summed E-state index contributed by atoms with van der Waals surface area (Å²) in [6.07, 6.45) is 0. The number of amides is 2. The van der Waals surface area contributed by atoms with Crippen molar-refractivity contribution in [3.8, 4) is 5.75 Å². The molecule has 0 aliphatic heterocycles. The zero-order valence-electron chi connectivity index (χ0n) is 17.3. The minimum absolute atomic E-state index is 0.190. The highest BCUT2D eigenvalue weighted by Crippen LogP contribution is 2.36. The number of rotatable bonds is 5. The fraction of sp³-hybridized carbons (Fsp3) is 0.0400. The van der Waals surface area contributed by atoms with Gasteiger partial charge in [0.05, 0.1) is 17.8 Å². The zero-order chi connectivity index (χ0) is 22.9. The standard InChI is InChI=1S/C25H17ClN2O4S/c1-31-19-13-15(27-25(30)23-22(26)16-7-3-5-9-21(16)33-23)10-11-17(19)28-24(29)20-12-14-6-2-4-8-18(14)32-20/h2-13H,1H3,(H,27,30)(H,28,29). The van der Waals surface area contributed by atoms with Crippen molar-refractivity contribution in [3.63, 3.8) is 0 Å². The van der Waals surface area contributed by atoms with E-state index in [9.17, 15) is 9.59 Å². The predicted molar refractivity (Wildman–Crippen MR) is 132 cm³/mol. The first kappa shape index (κ1) is 21.1. The predicted octanol–water partition coefficient (Wildman–Crippen LogP) is 6.81. The molecule has 33 heavy (non-hydrogen) atoms. The highest BCUT2D eigenvalue weighted by molar-refractivity contribution is 7.21. The lowest BCUT2D eigenvalue weighted by atomic mass is 10.2. The number of para-hydroxylation sites is 1. The molecule has 0 aliphatic rings. The van der Waals surface area contributed by atoms with Crippen LogP contribution in [0.15, 0.2) is 77.2 Å². The van der Waals surface area contributed by atoms with Crippen LogP contribution in [0.25, 0.3) is 21.1 Å². The van der Waals surface area contributed by atoms with E-state index < -0.39 is 5.91 Å². The Kier molecular flexibility index (Phi) is 5.50. The number of halogens is 1. The van der Waals surface area contributed by atoms with Gasteiger partial charge in [-0.1, -0.05) is 48.0 Å². The first-order chi connectivity index (χ1) is 16.0. The van der Waals surface area contributed by atoms with Crippen LogP contribution < -0.4 is 15.4 Å². The lowest BCUT2D eigenvalue weighted by Gasteiger charge is -2.12. The number of ether oxygens (including phenoxy) is 1. The van der Waals surface area contributed by atoms with Crippen molar-refractivity contribution in [2.24, 2.45) is 0 Å². The normalized spacial score (nSPS) is 11.0. The summed E-state index contributed by atoms with van der Waals surface area (Å²) < 4.78 is 12.0. The lowest BCUT2D eigenvalue weighted by Crippen LogP contribution is -2.13. The van der Waals surface area contributed by atoms with Crippen LogP contribution in [0.4, 0.5) is 11.4 Å². The van der Waals surface area contributed by atoms with Crippen molar-refractivity contribution >= 4 is 67.2 Å². The summed E-state index contributed by atoms with van der Waals surface area (Å²) >= 11 is 7.74. The minimum atomic E-state index is -0.404. The zero-order valence-corrected chi connectivity index (χ0v) is 18.9. The molecule has 0 saturated heterocycles. The number of fused-ring (bicyclic) bond motifs is 2. The number of nitrogens with one attached hydrogen (secondary N) is 2. The Labute approximate surface area is 197 Å². The molecule has 2 heterocycles.